The van der Waals surface area contributed by atoms with Gasteiger partial charge in [-0.1, -0.05) is 57.9 Å². The van der Waals surface area contributed by atoms with E-state index in [9.17, 15) is 9.59 Å². The Kier molecular flexibility index (Phi) is 7.41. The molecule has 0 aromatic heterocycles. The molecule has 28 heavy (non-hydrogen) atoms. The topological polar surface area (TPSA) is 49.4 Å². The molecule has 1 atom stereocenters. The van der Waals surface area contributed by atoms with Crippen molar-refractivity contribution in [2.45, 2.75) is 59.2 Å². The summed E-state index contributed by atoms with van der Waals surface area (Å²) in [5, 5.41) is 2.98. The average molecular weight is 445 g/mol. The van der Waals surface area contributed by atoms with Gasteiger partial charge in [0, 0.05) is 16.6 Å². The van der Waals surface area contributed by atoms with Crippen LogP contribution in [0.5, 0.6) is 0 Å². The zero-order chi connectivity index (χ0) is 20.9. The summed E-state index contributed by atoms with van der Waals surface area (Å²) in [6, 6.07) is 15.2. The monoisotopic (exact) mass is 444 g/mol. The minimum Gasteiger partial charge on any atom is -0.350 e. The summed E-state index contributed by atoms with van der Waals surface area (Å²) in [6.45, 7) is 9.98. The van der Waals surface area contributed by atoms with Gasteiger partial charge >= 0.3 is 0 Å². The van der Waals surface area contributed by atoms with Gasteiger partial charge in [-0.05, 0) is 57.9 Å². The molecule has 5 heteroatoms. The molecule has 150 valence electrons. The molecule has 2 aromatic rings. The fourth-order valence-corrected chi connectivity index (χ4v) is 3.32. The van der Waals surface area contributed by atoms with E-state index in [1.807, 2.05) is 76.2 Å². The van der Waals surface area contributed by atoms with Crippen molar-refractivity contribution < 1.29 is 9.59 Å². The van der Waals surface area contributed by atoms with Gasteiger partial charge in [0.05, 0.1) is 6.42 Å². The molecule has 1 unspecified atom stereocenters. The van der Waals surface area contributed by atoms with Crippen LogP contribution in [0.4, 0.5) is 0 Å². The quantitative estimate of drug-likeness (QED) is 0.705. The summed E-state index contributed by atoms with van der Waals surface area (Å²) in [6.07, 6.45) is 0.265. The first-order valence-electron chi connectivity index (χ1n) is 9.46. The third kappa shape index (κ3) is 6.79. The zero-order valence-corrected chi connectivity index (χ0v) is 18.8. The Morgan fingerprint density at radius 3 is 2.29 bits per heavy atom. The van der Waals surface area contributed by atoms with Crippen LogP contribution in [0.2, 0.25) is 0 Å². The number of amides is 2. The fourth-order valence-electron chi connectivity index (χ4n) is 2.87. The first kappa shape index (κ1) is 22.2. The van der Waals surface area contributed by atoms with E-state index in [4.69, 9.17) is 0 Å². The summed E-state index contributed by atoms with van der Waals surface area (Å²) < 4.78 is 0.947. The molecule has 1 N–H and O–H groups in total. The SMILES string of the molecule is Cc1ccc(CC(=O)N(Cc2cccc(Br)c2)C(C)C(=O)NC(C)(C)C)cc1. The van der Waals surface area contributed by atoms with Crippen molar-refractivity contribution in [2.75, 3.05) is 0 Å². The van der Waals surface area contributed by atoms with E-state index >= 15 is 0 Å². The Hall–Kier alpha value is -2.14. The molecule has 0 saturated heterocycles. The Balaban J connectivity index is 2.24. The van der Waals surface area contributed by atoms with E-state index in [1.165, 1.54) is 0 Å². The molecule has 0 saturated carbocycles. The highest BCUT2D eigenvalue weighted by Crippen LogP contribution is 2.17. The average Bonchev–Trinajstić information content (AvgIpc) is 2.59. The van der Waals surface area contributed by atoms with Crippen molar-refractivity contribution in [3.05, 3.63) is 69.7 Å². The van der Waals surface area contributed by atoms with E-state index < -0.39 is 6.04 Å². The van der Waals surface area contributed by atoms with E-state index in [0.717, 1.165) is 21.2 Å². The van der Waals surface area contributed by atoms with Gasteiger partial charge < -0.3 is 10.2 Å². The minimum absolute atomic E-state index is 0.0691. The number of nitrogens with zero attached hydrogens (tertiary/aromatic N) is 1. The van der Waals surface area contributed by atoms with Crippen LogP contribution < -0.4 is 5.32 Å². The second-order valence-corrected chi connectivity index (χ2v) is 9.14. The molecule has 2 aromatic carbocycles. The Morgan fingerprint density at radius 1 is 1.07 bits per heavy atom. The van der Waals surface area contributed by atoms with Gasteiger partial charge in [0.1, 0.15) is 6.04 Å². The molecule has 0 fully saturated rings. The van der Waals surface area contributed by atoms with Crippen molar-refractivity contribution in [1.29, 1.82) is 0 Å². The van der Waals surface area contributed by atoms with Gasteiger partial charge in [-0.25, -0.2) is 0 Å². The first-order valence-corrected chi connectivity index (χ1v) is 10.3. The zero-order valence-electron chi connectivity index (χ0n) is 17.3. The second-order valence-electron chi connectivity index (χ2n) is 8.23. The van der Waals surface area contributed by atoms with Gasteiger partial charge in [-0.2, -0.15) is 0 Å². The van der Waals surface area contributed by atoms with Crippen molar-refractivity contribution >= 4 is 27.7 Å². The van der Waals surface area contributed by atoms with Crippen LogP contribution in [-0.2, 0) is 22.6 Å². The summed E-state index contributed by atoms with van der Waals surface area (Å²) in [5.74, 6) is -0.222. The van der Waals surface area contributed by atoms with Gasteiger partial charge in [0.15, 0.2) is 0 Å². The molecule has 2 rings (SSSR count). The van der Waals surface area contributed by atoms with Crippen LogP contribution in [-0.4, -0.2) is 28.3 Å². The number of carbonyl (C=O) groups is 2. The van der Waals surface area contributed by atoms with E-state index in [0.29, 0.717) is 6.54 Å². The number of hydrogen-bond acceptors (Lipinski definition) is 2. The number of hydrogen-bond donors (Lipinski definition) is 1. The molecule has 0 bridgehead atoms. The van der Waals surface area contributed by atoms with Gasteiger partial charge in [0.25, 0.3) is 0 Å². The highest BCUT2D eigenvalue weighted by atomic mass is 79.9. The largest absolute Gasteiger partial charge is 0.350 e. The third-order valence-electron chi connectivity index (χ3n) is 4.38. The van der Waals surface area contributed by atoms with Crippen molar-refractivity contribution in [2.24, 2.45) is 0 Å². The molecule has 0 heterocycles. The maximum Gasteiger partial charge on any atom is 0.242 e. The predicted molar refractivity (Wildman–Crippen MR) is 117 cm³/mol. The Labute approximate surface area is 176 Å². The number of halogens is 1. The van der Waals surface area contributed by atoms with Crippen LogP contribution in [0.1, 0.15) is 44.4 Å². The van der Waals surface area contributed by atoms with Crippen molar-refractivity contribution in [3.8, 4) is 0 Å². The number of rotatable bonds is 6. The summed E-state index contributed by atoms with van der Waals surface area (Å²) in [4.78, 5) is 27.5. The maximum atomic E-state index is 13.1. The van der Waals surface area contributed by atoms with Crippen molar-refractivity contribution in [1.82, 2.24) is 10.2 Å². The lowest BCUT2D eigenvalue weighted by atomic mass is 10.1. The third-order valence-corrected chi connectivity index (χ3v) is 4.88. The minimum atomic E-state index is -0.573. The fraction of sp³-hybridized carbons (Fsp3) is 0.391. The Morgan fingerprint density at radius 2 is 1.71 bits per heavy atom. The first-order chi connectivity index (χ1) is 13.0. The van der Waals surface area contributed by atoms with Crippen LogP contribution in [0.15, 0.2) is 53.0 Å². The van der Waals surface area contributed by atoms with Gasteiger partial charge in [0.2, 0.25) is 11.8 Å². The molecule has 0 aliphatic carbocycles. The predicted octanol–water partition coefficient (Wildman–Crippen LogP) is 4.63. The second kappa shape index (κ2) is 9.37. The van der Waals surface area contributed by atoms with Gasteiger partial charge in [-0.3, -0.25) is 9.59 Å². The van der Waals surface area contributed by atoms with Crippen LogP contribution in [0.3, 0.4) is 0 Å². The van der Waals surface area contributed by atoms with E-state index in [2.05, 4.69) is 21.2 Å². The summed E-state index contributed by atoms with van der Waals surface area (Å²) in [5.41, 5.74) is 2.72. The standard InChI is InChI=1S/C23H29BrN2O2/c1-16-9-11-18(12-10-16)14-21(27)26(15-19-7-6-8-20(24)13-19)17(2)22(28)25-23(3,4)5/h6-13,17H,14-15H2,1-5H3,(H,25,28). The molecule has 0 radical (unpaired) electrons. The lowest BCUT2D eigenvalue weighted by molar-refractivity contribution is -0.140. The maximum absolute atomic E-state index is 13.1. The molecule has 0 aliphatic heterocycles. The van der Waals surface area contributed by atoms with Crippen LogP contribution in [0.25, 0.3) is 0 Å². The molecule has 2 amide bonds. The normalized spacial score (nSPS) is 12.4. The number of benzene rings is 2. The number of nitrogens with one attached hydrogen (secondary N) is 1. The molecular weight excluding hydrogens is 416 g/mol. The van der Waals surface area contributed by atoms with Crippen LogP contribution >= 0.6 is 15.9 Å². The molecular formula is C23H29BrN2O2. The number of carbonyl (C=O) groups excluding carboxylic acids is 2. The molecule has 0 spiro atoms. The Bertz CT molecular complexity index is 825. The lowest BCUT2D eigenvalue weighted by Gasteiger charge is -2.31. The van der Waals surface area contributed by atoms with E-state index in [-0.39, 0.29) is 23.8 Å². The van der Waals surface area contributed by atoms with E-state index in [1.54, 1.807) is 11.8 Å². The van der Waals surface area contributed by atoms with Crippen molar-refractivity contribution in [3.63, 3.8) is 0 Å². The summed E-state index contributed by atoms with van der Waals surface area (Å²) >= 11 is 3.47. The lowest BCUT2D eigenvalue weighted by Crippen LogP contribution is -2.52. The molecule has 4 nitrogen and oxygen atoms in total. The van der Waals surface area contributed by atoms with Gasteiger partial charge in [-0.15, -0.1) is 0 Å². The highest BCUT2D eigenvalue weighted by molar-refractivity contribution is 9.10. The highest BCUT2D eigenvalue weighted by Gasteiger charge is 2.28. The molecule has 0 aliphatic rings. The van der Waals surface area contributed by atoms with Crippen LogP contribution in [0, 0.1) is 6.92 Å². The number of aryl methyl sites for hydroxylation is 1. The smallest absolute Gasteiger partial charge is 0.242 e. The summed E-state index contributed by atoms with van der Waals surface area (Å²) in [7, 11) is 0.